The summed E-state index contributed by atoms with van der Waals surface area (Å²) in [7, 11) is 0. The van der Waals surface area contributed by atoms with Crippen LogP contribution in [0.1, 0.15) is 55.8 Å². The van der Waals surface area contributed by atoms with Gasteiger partial charge in [0, 0.05) is 54.3 Å². The van der Waals surface area contributed by atoms with E-state index in [1.807, 2.05) is 24.3 Å². The number of aromatic nitrogens is 1. The normalized spacial score (nSPS) is 14.4. The molecule has 0 radical (unpaired) electrons. The summed E-state index contributed by atoms with van der Waals surface area (Å²) in [4.78, 5) is 19.4. The van der Waals surface area contributed by atoms with Crippen molar-refractivity contribution in [2.24, 2.45) is 5.16 Å². The van der Waals surface area contributed by atoms with Crippen LogP contribution in [0.3, 0.4) is 0 Å². The summed E-state index contributed by atoms with van der Waals surface area (Å²) >= 11 is 0. The van der Waals surface area contributed by atoms with Crippen molar-refractivity contribution in [1.82, 2.24) is 15.2 Å². The van der Waals surface area contributed by atoms with Crippen LogP contribution in [-0.2, 0) is 6.42 Å². The second-order valence-corrected chi connectivity index (χ2v) is 9.19. The van der Waals surface area contributed by atoms with E-state index in [0.29, 0.717) is 36.5 Å². The Morgan fingerprint density at radius 1 is 1.06 bits per heavy atom. The first-order chi connectivity index (χ1) is 16.4. The lowest BCUT2D eigenvalue weighted by atomic mass is 9.99. The van der Waals surface area contributed by atoms with Crippen molar-refractivity contribution in [2.75, 3.05) is 13.1 Å². The molecule has 4 rings (SSSR count). The predicted molar refractivity (Wildman–Crippen MR) is 133 cm³/mol. The Hall–Kier alpha value is -3.45. The van der Waals surface area contributed by atoms with Gasteiger partial charge in [-0.3, -0.25) is 14.7 Å². The number of aryl methyl sites for hydroxylation is 1. The smallest absolute Gasteiger partial charge is 0.287 e. The summed E-state index contributed by atoms with van der Waals surface area (Å²) in [5.74, 6) is 0.685. The summed E-state index contributed by atoms with van der Waals surface area (Å²) in [6.07, 6.45) is 4.97. The first-order valence-electron chi connectivity index (χ1n) is 11.8. The van der Waals surface area contributed by atoms with Crippen molar-refractivity contribution in [3.8, 4) is 22.5 Å². The van der Waals surface area contributed by atoms with Gasteiger partial charge in [0.1, 0.15) is 5.76 Å². The molecule has 3 aromatic rings. The largest absolute Gasteiger partial charge is 0.450 e. The molecule has 0 saturated heterocycles. The van der Waals surface area contributed by atoms with E-state index in [1.54, 1.807) is 18.5 Å². The minimum atomic E-state index is -0.232. The standard InChI is InChI=1S/C27H32N4O3/c1-17(2)31(18(3)4)14-13-29-27(32)25-16-23(19-9-11-28-12-10-19)26(34-25)21-5-7-22-20(15-21)6-8-24(22)30-33/h5,7,9-12,15-18,33H,6,8,13-14H2,1-4H3,(H,29,32)/b30-24+. The lowest BCUT2D eigenvalue weighted by molar-refractivity contribution is 0.0913. The van der Waals surface area contributed by atoms with E-state index in [9.17, 15) is 10.0 Å². The number of pyridine rings is 1. The highest BCUT2D eigenvalue weighted by atomic mass is 16.4. The second kappa shape index (κ2) is 10.2. The number of carbonyl (C=O) groups excluding carboxylic acids is 1. The average molecular weight is 461 g/mol. The van der Waals surface area contributed by atoms with E-state index in [0.717, 1.165) is 40.8 Å². The van der Waals surface area contributed by atoms with Gasteiger partial charge in [-0.05, 0) is 75.9 Å². The van der Waals surface area contributed by atoms with E-state index in [-0.39, 0.29) is 11.7 Å². The topological polar surface area (TPSA) is 91.0 Å². The molecule has 7 heteroatoms. The molecule has 1 aliphatic rings. The zero-order valence-corrected chi connectivity index (χ0v) is 20.2. The van der Waals surface area contributed by atoms with Crippen molar-refractivity contribution in [2.45, 2.75) is 52.6 Å². The summed E-state index contributed by atoms with van der Waals surface area (Å²) in [6, 6.07) is 12.4. The van der Waals surface area contributed by atoms with E-state index in [2.05, 4.69) is 54.1 Å². The number of furan rings is 1. The molecule has 7 nitrogen and oxygen atoms in total. The van der Waals surface area contributed by atoms with Crippen LogP contribution in [0, 0.1) is 0 Å². The van der Waals surface area contributed by atoms with Crippen LogP contribution in [-0.4, -0.2) is 51.9 Å². The molecule has 34 heavy (non-hydrogen) atoms. The third-order valence-electron chi connectivity index (χ3n) is 6.36. The fourth-order valence-electron chi connectivity index (χ4n) is 4.68. The van der Waals surface area contributed by atoms with E-state index in [4.69, 9.17) is 4.42 Å². The Labute approximate surface area is 200 Å². The van der Waals surface area contributed by atoms with Crippen LogP contribution in [0.2, 0.25) is 0 Å². The summed E-state index contributed by atoms with van der Waals surface area (Å²) in [6.45, 7) is 9.95. The van der Waals surface area contributed by atoms with Crippen molar-refractivity contribution < 1.29 is 14.4 Å². The minimum Gasteiger partial charge on any atom is -0.450 e. The van der Waals surface area contributed by atoms with Gasteiger partial charge < -0.3 is 14.9 Å². The maximum Gasteiger partial charge on any atom is 0.287 e. The van der Waals surface area contributed by atoms with Crippen LogP contribution in [0.15, 0.2) is 58.4 Å². The van der Waals surface area contributed by atoms with Gasteiger partial charge in [-0.2, -0.15) is 0 Å². The van der Waals surface area contributed by atoms with Crippen LogP contribution in [0.25, 0.3) is 22.5 Å². The summed E-state index contributed by atoms with van der Waals surface area (Å²) in [5, 5.41) is 15.7. The number of nitrogens with zero attached hydrogens (tertiary/aromatic N) is 3. The SMILES string of the molecule is CC(C)N(CCNC(=O)c1cc(-c2ccncc2)c(-c2ccc3c(c2)CC/C3=N\O)o1)C(C)C. The number of rotatable bonds is 8. The van der Waals surface area contributed by atoms with Crippen LogP contribution in [0.4, 0.5) is 0 Å². The predicted octanol–water partition coefficient (Wildman–Crippen LogP) is 4.98. The highest BCUT2D eigenvalue weighted by molar-refractivity contribution is 6.04. The quantitative estimate of drug-likeness (QED) is 0.365. The molecule has 0 spiro atoms. The van der Waals surface area contributed by atoms with Gasteiger partial charge in [0.2, 0.25) is 0 Å². The molecule has 2 heterocycles. The fourth-order valence-corrected chi connectivity index (χ4v) is 4.68. The Balaban J connectivity index is 1.62. The van der Waals surface area contributed by atoms with Gasteiger partial charge in [-0.1, -0.05) is 17.3 Å². The van der Waals surface area contributed by atoms with Crippen molar-refractivity contribution in [1.29, 1.82) is 0 Å². The number of hydrogen-bond acceptors (Lipinski definition) is 6. The van der Waals surface area contributed by atoms with Crippen molar-refractivity contribution >= 4 is 11.6 Å². The van der Waals surface area contributed by atoms with Gasteiger partial charge in [-0.15, -0.1) is 0 Å². The number of fused-ring (bicyclic) bond motifs is 1. The zero-order valence-electron chi connectivity index (χ0n) is 20.2. The molecule has 0 saturated carbocycles. The van der Waals surface area contributed by atoms with Gasteiger partial charge in [-0.25, -0.2) is 0 Å². The molecule has 2 N–H and O–H groups in total. The molecule has 0 bridgehead atoms. The molecule has 0 fully saturated rings. The molecule has 1 amide bonds. The number of amides is 1. The van der Waals surface area contributed by atoms with Crippen LogP contribution >= 0.6 is 0 Å². The van der Waals surface area contributed by atoms with E-state index < -0.39 is 0 Å². The highest BCUT2D eigenvalue weighted by Gasteiger charge is 2.23. The third-order valence-corrected chi connectivity index (χ3v) is 6.36. The molecule has 0 atom stereocenters. The maximum absolute atomic E-state index is 13.0. The molecule has 1 aliphatic carbocycles. The first kappa shape index (κ1) is 23.7. The monoisotopic (exact) mass is 460 g/mol. The van der Waals surface area contributed by atoms with Gasteiger partial charge >= 0.3 is 0 Å². The zero-order chi connectivity index (χ0) is 24.2. The lowest BCUT2D eigenvalue weighted by Crippen LogP contribution is -2.42. The van der Waals surface area contributed by atoms with Gasteiger partial charge in [0.05, 0.1) is 5.71 Å². The number of carbonyl (C=O) groups is 1. The summed E-state index contributed by atoms with van der Waals surface area (Å²) in [5.41, 5.74) is 5.42. The molecule has 0 unspecified atom stereocenters. The molecule has 0 aliphatic heterocycles. The average Bonchev–Trinajstić information content (AvgIpc) is 3.46. The van der Waals surface area contributed by atoms with Gasteiger partial charge in [0.25, 0.3) is 5.91 Å². The first-order valence-corrected chi connectivity index (χ1v) is 11.8. The number of oxime groups is 1. The van der Waals surface area contributed by atoms with Crippen molar-refractivity contribution in [3.05, 3.63) is 65.7 Å². The molecular weight excluding hydrogens is 428 g/mol. The van der Waals surface area contributed by atoms with Crippen LogP contribution < -0.4 is 5.32 Å². The van der Waals surface area contributed by atoms with E-state index in [1.165, 1.54) is 0 Å². The molecule has 1 aromatic carbocycles. The Bertz CT molecular complexity index is 1170. The van der Waals surface area contributed by atoms with Crippen molar-refractivity contribution in [3.63, 3.8) is 0 Å². The molecule has 178 valence electrons. The molecule has 2 aromatic heterocycles. The number of nitrogens with one attached hydrogen (secondary N) is 1. The Morgan fingerprint density at radius 3 is 2.47 bits per heavy atom. The highest BCUT2D eigenvalue weighted by Crippen LogP contribution is 2.37. The fraction of sp³-hybridized carbons (Fsp3) is 0.370. The number of benzene rings is 1. The van der Waals surface area contributed by atoms with Crippen LogP contribution in [0.5, 0.6) is 0 Å². The number of hydrogen-bond donors (Lipinski definition) is 2. The van der Waals surface area contributed by atoms with Gasteiger partial charge in [0.15, 0.2) is 5.76 Å². The molecular formula is C27H32N4O3. The third kappa shape index (κ3) is 4.89. The maximum atomic E-state index is 13.0. The Morgan fingerprint density at radius 2 is 1.79 bits per heavy atom. The minimum absolute atomic E-state index is 0.232. The van der Waals surface area contributed by atoms with E-state index >= 15 is 0 Å². The lowest BCUT2D eigenvalue weighted by Gasteiger charge is -2.30. The summed E-state index contributed by atoms with van der Waals surface area (Å²) < 4.78 is 6.16. The Kier molecular flexibility index (Phi) is 7.12. The second-order valence-electron chi connectivity index (χ2n) is 9.19.